The van der Waals surface area contributed by atoms with Crippen molar-refractivity contribution in [3.63, 3.8) is 0 Å². The van der Waals surface area contributed by atoms with Gasteiger partial charge in [-0.3, -0.25) is 0 Å². The van der Waals surface area contributed by atoms with Gasteiger partial charge < -0.3 is 4.90 Å². The number of hydrogen-bond acceptors (Lipinski definition) is 2. The van der Waals surface area contributed by atoms with E-state index in [9.17, 15) is 0 Å². The molecule has 104 valence electrons. The minimum absolute atomic E-state index is 0.742. The number of pyridine rings is 1. The van der Waals surface area contributed by atoms with E-state index in [1.165, 1.54) is 70.0 Å². The summed E-state index contributed by atoms with van der Waals surface area (Å²) < 4.78 is 0. The van der Waals surface area contributed by atoms with Crippen LogP contribution in [0.25, 0.3) is 0 Å². The van der Waals surface area contributed by atoms with Gasteiger partial charge in [-0.15, -0.1) is 0 Å². The Morgan fingerprint density at radius 3 is 1.84 bits per heavy atom. The first-order valence-corrected chi connectivity index (χ1v) is 8.14. The van der Waals surface area contributed by atoms with Crippen molar-refractivity contribution in [1.29, 1.82) is 0 Å². The Morgan fingerprint density at radius 1 is 0.789 bits per heavy atom. The molecule has 0 aromatic carbocycles. The van der Waals surface area contributed by atoms with Crippen LogP contribution in [0.15, 0.2) is 24.4 Å². The SMILES string of the molecule is c1ccc(N(C2CCCCC2)C2CCCCC2)nc1. The molecule has 0 bridgehead atoms. The van der Waals surface area contributed by atoms with Gasteiger partial charge in [-0.25, -0.2) is 4.98 Å². The van der Waals surface area contributed by atoms with Crippen LogP contribution in [-0.2, 0) is 0 Å². The topological polar surface area (TPSA) is 16.1 Å². The molecule has 3 rings (SSSR count). The van der Waals surface area contributed by atoms with Crippen molar-refractivity contribution in [1.82, 2.24) is 4.98 Å². The zero-order valence-corrected chi connectivity index (χ0v) is 11.9. The first-order chi connectivity index (χ1) is 9.45. The van der Waals surface area contributed by atoms with Gasteiger partial charge in [-0.05, 0) is 37.8 Å². The van der Waals surface area contributed by atoms with Crippen LogP contribution in [0.1, 0.15) is 64.2 Å². The molecule has 2 saturated carbocycles. The second-order valence-electron chi connectivity index (χ2n) is 6.18. The Morgan fingerprint density at radius 2 is 1.37 bits per heavy atom. The maximum Gasteiger partial charge on any atom is 0.128 e. The Labute approximate surface area is 117 Å². The van der Waals surface area contributed by atoms with Gasteiger partial charge in [-0.1, -0.05) is 44.6 Å². The van der Waals surface area contributed by atoms with Crippen LogP contribution >= 0.6 is 0 Å². The molecule has 0 unspecified atom stereocenters. The molecule has 1 aromatic rings. The third-order valence-corrected chi connectivity index (χ3v) is 4.85. The first kappa shape index (κ1) is 13.0. The van der Waals surface area contributed by atoms with E-state index in [1.54, 1.807) is 0 Å². The number of hydrogen-bond donors (Lipinski definition) is 0. The molecule has 2 aliphatic carbocycles. The van der Waals surface area contributed by atoms with Gasteiger partial charge in [-0.2, -0.15) is 0 Å². The zero-order chi connectivity index (χ0) is 12.9. The molecule has 2 aliphatic rings. The largest absolute Gasteiger partial charge is 0.351 e. The number of nitrogens with zero attached hydrogens (tertiary/aromatic N) is 2. The third kappa shape index (κ3) is 3.10. The lowest BCUT2D eigenvalue weighted by atomic mass is 9.88. The summed E-state index contributed by atoms with van der Waals surface area (Å²) in [4.78, 5) is 7.35. The Kier molecular flexibility index (Phi) is 4.37. The lowest BCUT2D eigenvalue weighted by molar-refractivity contribution is 0.338. The van der Waals surface area contributed by atoms with E-state index in [0.717, 1.165) is 12.1 Å². The summed E-state index contributed by atoms with van der Waals surface area (Å²) in [5, 5.41) is 0. The fraction of sp³-hybridized carbons (Fsp3) is 0.706. The van der Waals surface area contributed by atoms with E-state index in [2.05, 4.69) is 22.0 Å². The van der Waals surface area contributed by atoms with E-state index < -0.39 is 0 Å². The van der Waals surface area contributed by atoms with Crippen LogP contribution in [-0.4, -0.2) is 17.1 Å². The highest BCUT2D eigenvalue weighted by atomic mass is 15.2. The molecule has 0 atom stereocenters. The van der Waals surface area contributed by atoms with Gasteiger partial charge in [0.05, 0.1) is 0 Å². The molecule has 0 spiro atoms. The predicted molar refractivity (Wildman–Crippen MR) is 80.5 cm³/mol. The molecule has 0 N–H and O–H groups in total. The van der Waals surface area contributed by atoms with Gasteiger partial charge in [0.2, 0.25) is 0 Å². The molecule has 0 aliphatic heterocycles. The molecule has 0 amide bonds. The van der Waals surface area contributed by atoms with Crippen LogP contribution in [0.3, 0.4) is 0 Å². The molecule has 2 fully saturated rings. The van der Waals surface area contributed by atoms with E-state index in [0.29, 0.717) is 0 Å². The maximum absolute atomic E-state index is 4.66. The smallest absolute Gasteiger partial charge is 0.128 e. The highest BCUT2D eigenvalue weighted by Crippen LogP contribution is 2.33. The molecule has 1 aromatic heterocycles. The lowest BCUT2D eigenvalue weighted by Crippen LogP contribution is -2.45. The molecule has 0 radical (unpaired) electrons. The van der Waals surface area contributed by atoms with Crippen LogP contribution in [0.4, 0.5) is 5.82 Å². The Hall–Kier alpha value is -1.05. The second-order valence-corrected chi connectivity index (χ2v) is 6.18. The predicted octanol–water partition coefficient (Wildman–Crippen LogP) is 4.55. The average molecular weight is 258 g/mol. The molecule has 0 saturated heterocycles. The monoisotopic (exact) mass is 258 g/mol. The third-order valence-electron chi connectivity index (χ3n) is 4.85. The quantitative estimate of drug-likeness (QED) is 0.790. The standard InChI is InChI=1S/C17H26N2/c1-3-9-15(10-4-1)19(16-11-5-2-6-12-16)17-13-7-8-14-18-17/h7-8,13-16H,1-6,9-12H2. The summed E-state index contributed by atoms with van der Waals surface area (Å²) in [5.41, 5.74) is 0. The van der Waals surface area contributed by atoms with Crippen molar-refractivity contribution in [2.45, 2.75) is 76.3 Å². The number of aromatic nitrogens is 1. The van der Waals surface area contributed by atoms with Crippen LogP contribution in [0.5, 0.6) is 0 Å². The second kappa shape index (κ2) is 6.40. The summed E-state index contributed by atoms with van der Waals surface area (Å²) >= 11 is 0. The fourth-order valence-electron chi connectivity index (χ4n) is 3.90. The minimum atomic E-state index is 0.742. The van der Waals surface area contributed by atoms with Crippen LogP contribution in [0.2, 0.25) is 0 Å². The van der Waals surface area contributed by atoms with E-state index in [4.69, 9.17) is 0 Å². The fourth-order valence-corrected chi connectivity index (χ4v) is 3.90. The number of rotatable bonds is 3. The van der Waals surface area contributed by atoms with Gasteiger partial charge in [0.25, 0.3) is 0 Å². The highest BCUT2D eigenvalue weighted by Gasteiger charge is 2.29. The average Bonchev–Trinajstić information content (AvgIpc) is 2.51. The van der Waals surface area contributed by atoms with Gasteiger partial charge >= 0.3 is 0 Å². The summed E-state index contributed by atoms with van der Waals surface area (Å²) in [6.07, 6.45) is 15.9. The van der Waals surface area contributed by atoms with Crippen molar-refractivity contribution in [2.24, 2.45) is 0 Å². The minimum Gasteiger partial charge on any atom is -0.351 e. The number of anilines is 1. The molecular formula is C17H26N2. The summed E-state index contributed by atoms with van der Waals surface area (Å²) in [6.45, 7) is 0. The van der Waals surface area contributed by atoms with Crippen molar-refractivity contribution < 1.29 is 0 Å². The van der Waals surface area contributed by atoms with Crippen molar-refractivity contribution in [2.75, 3.05) is 4.90 Å². The molecular weight excluding hydrogens is 232 g/mol. The summed E-state index contributed by atoms with van der Waals surface area (Å²) in [6, 6.07) is 7.87. The summed E-state index contributed by atoms with van der Waals surface area (Å²) in [5.74, 6) is 1.22. The lowest BCUT2D eigenvalue weighted by Gasteiger charge is -2.42. The van der Waals surface area contributed by atoms with Crippen molar-refractivity contribution in [3.05, 3.63) is 24.4 Å². The van der Waals surface area contributed by atoms with Crippen LogP contribution < -0.4 is 4.90 Å². The van der Waals surface area contributed by atoms with Gasteiger partial charge in [0.15, 0.2) is 0 Å². The Balaban J connectivity index is 1.81. The Bertz CT molecular complexity index is 346. The molecule has 2 nitrogen and oxygen atoms in total. The van der Waals surface area contributed by atoms with Crippen molar-refractivity contribution >= 4 is 5.82 Å². The van der Waals surface area contributed by atoms with E-state index >= 15 is 0 Å². The van der Waals surface area contributed by atoms with Crippen molar-refractivity contribution in [3.8, 4) is 0 Å². The molecule has 1 heterocycles. The van der Waals surface area contributed by atoms with Crippen LogP contribution in [0, 0.1) is 0 Å². The van der Waals surface area contributed by atoms with Gasteiger partial charge in [0, 0.05) is 18.3 Å². The maximum atomic E-state index is 4.66. The molecule has 19 heavy (non-hydrogen) atoms. The van der Waals surface area contributed by atoms with E-state index in [1.807, 2.05) is 12.3 Å². The zero-order valence-electron chi connectivity index (χ0n) is 11.9. The first-order valence-electron chi connectivity index (χ1n) is 8.14. The van der Waals surface area contributed by atoms with Gasteiger partial charge in [0.1, 0.15) is 5.82 Å². The van der Waals surface area contributed by atoms with E-state index in [-0.39, 0.29) is 0 Å². The summed E-state index contributed by atoms with van der Waals surface area (Å²) in [7, 11) is 0. The highest BCUT2D eigenvalue weighted by molar-refractivity contribution is 5.41. The normalized spacial score (nSPS) is 22.3. The molecule has 2 heteroatoms.